The number of hydrogen-bond donors (Lipinski definition) is 1. The number of aromatic nitrogens is 1. The van der Waals surface area contributed by atoms with E-state index < -0.39 is 27.1 Å². The van der Waals surface area contributed by atoms with Crippen LogP contribution in [-0.2, 0) is 20.8 Å². The minimum Gasteiger partial charge on any atom is -0.381 e. The van der Waals surface area contributed by atoms with Gasteiger partial charge in [0.2, 0.25) is 0 Å². The number of hydrogen-bond acceptors (Lipinski definition) is 6. The summed E-state index contributed by atoms with van der Waals surface area (Å²) in [6.45, 7) is 4.20. The van der Waals surface area contributed by atoms with Crippen LogP contribution >= 0.6 is 0 Å². The Labute approximate surface area is 174 Å². The summed E-state index contributed by atoms with van der Waals surface area (Å²) in [5.41, 5.74) is -0.770. The molecule has 1 aromatic heterocycles. The number of sulfone groups is 1. The molecule has 1 N–H and O–H groups in total. The second-order valence-corrected chi connectivity index (χ2v) is 11.3. The quantitative estimate of drug-likeness (QED) is 0.751. The van der Waals surface area contributed by atoms with Crippen molar-refractivity contribution in [1.82, 2.24) is 15.2 Å². The molecule has 6 nitrogen and oxygen atoms in total. The van der Waals surface area contributed by atoms with E-state index in [9.17, 15) is 21.6 Å². The highest BCUT2D eigenvalue weighted by molar-refractivity contribution is 7.92. The van der Waals surface area contributed by atoms with E-state index in [0.29, 0.717) is 52.0 Å². The normalized spacial score (nSPS) is 26.2. The van der Waals surface area contributed by atoms with Crippen LogP contribution < -0.4 is 5.32 Å². The molecule has 166 valence electrons. The molecular formula is C20H26F3N3O3S. The molecule has 1 aromatic rings. The van der Waals surface area contributed by atoms with Crippen molar-refractivity contribution in [3.63, 3.8) is 0 Å². The smallest absolute Gasteiger partial charge is 0.381 e. The zero-order valence-electron chi connectivity index (χ0n) is 16.6. The van der Waals surface area contributed by atoms with Crippen molar-refractivity contribution in [2.45, 2.75) is 48.0 Å². The molecule has 30 heavy (non-hydrogen) atoms. The Morgan fingerprint density at radius 2 is 1.80 bits per heavy atom. The predicted octanol–water partition coefficient (Wildman–Crippen LogP) is 2.41. The molecule has 4 fully saturated rings. The maximum atomic E-state index is 13.9. The van der Waals surface area contributed by atoms with Crippen LogP contribution in [0.3, 0.4) is 0 Å². The third kappa shape index (κ3) is 3.55. The highest BCUT2D eigenvalue weighted by Gasteiger charge is 2.54. The molecule has 4 aliphatic rings. The Balaban J connectivity index is 1.52. The highest BCUT2D eigenvalue weighted by atomic mass is 32.2. The van der Waals surface area contributed by atoms with Gasteiger partial charge in [-0.15, -0.1) is 0 Å². The summed E-state index contributed by atoms with van der Waals surface area (Å²) < 4.78 is 72.8. The van der Waals surface area contributed by atoms with Crippen molar-refractivity contribution in [2.75, 3.05) is 39.4 Å². The van der Waals surface area contributed by atoms with Crippen molar-refractivity contribution < 1.29 is 26.3 Å². The van der Waals surface area contributed by atoms with E-state index in [1.807, 2.05) is 4.90 Å². The topological polar surface area (TPSA) is 71.5 Å². The SMILES string of the molecule is O=S(=O)(c1ccc(C(F)(F)F)nc1C1CC1)C(C1CCOCC1)N1CC2(CNC2)C1. The lowest BCUT2D eigenvalue weighted by Gasteiger charge is -2.59. The summed E-state index contributed by atoms with van der Waals surface area (Å²) in [4.78, 5) is 5.80. The molecule has 1 aliphatic carbocycles. The van der Waals surface area contributed by atoms with Crippen LogP contribution in [-0.4, -0.2) is 63.1 Å². The number of halogens is 3. The van der Waals surface area contributed by atoms with Gasteiger partial charge >= 0.3 is 6.18 Å². The van der Waals surface area contributed by atoms with Crippen LogP contribution in [0.2, 0.25) is 0 Å². The van der Waals surface area contributed by atoms with E-state index in [0.717, 1.165) is 25.2 Å². The summed E-state index contributed by atoms with van der Waals surface area (Å²) in [6, 6.07) is 1.96. The van der Waals surface area contributed by atoms with Gasteiger partial charge in [-0.05, 0) is 43.7 Å². The van der Waals surface area contributed by atoms with E-state index in [1.54, 1.807) is 0 Å². The van der Waals surface area contributed by atoms with E-state index in [4.69, 9.17) is 4.74 Å². The number of pyridine rings is 1. The van der Waals surface area contributed by atoms with Gasteiger partial charge in [-0.2, -0.15) is 13.2 Å². The van der Waals surface area contributed by atoms with Gasteiger partial charge in [0.15, 0.2) is 9.84 Å². The van der Waals surface area contributed by atoms with Gasteiger partial charge in [-0.25, -0.2) is 13.4 Å². The largest absolute Gasteiger partial charge is 0.433 e. The Morgan fingerprint density at radius 3 is 2.33 bits per heavy atom. The first kappa shape index (κ1) is 20.7. The summed E-state index contributed by atoms with van der Waals surface area (Å²) >= 11 is 0. The summed E-state index contributed by atoms with van der Waals surface area (Å²) in [5, 5.41) is 2.52. The molecule has 0 bridgehead atoms. The number of nitrogens with one attached hydrogen (secondary N) is 1. The number of ether oxygens (including phenoxy) is 1. The first-order valence-corrected chi connectivity index (χ1v) is 12.1. The van der Waals surface area contributed by atoms with Gasteiger partial charge in [-0.1, -0.05) is 0 Å². The van der Waals surface area contributed by atoms with Crippen LogP contribution in [0, 0.1) is 11.3 Å². The fourth-order valence-electron chi connectivity index (χ4n) is 5.09. The Kier molecular flexibility index (Phi) is 4.92. The second-order valence-electron chi connectivity index (χ2n) is 9.25. The second kappa shape index (κ2) is 7.15. The first-order chi connectivity index (χ1) is 14.2. The number of alkyl halides is 3. The zero-order valence-corrected chi connectivity index (χ0v) is 17.4. The molecule has 1 spiro atoms. The minimum atomic E-state index is -4.59. The van der Waals surface area contributed by atoms with E-state index in [1.165, 1.54) is 0 Å². The predicted molar refractivity (Wildman–Crippen MR) is 103 cm³/mol. The van der Waals surface area contributed by atoms with Crippen molar-refractivity contribution in [3.05, 3.63) is 23.5 Å². The van der Waals surface area contributed by atoms with Crippen LogP contribution in [0.4, 0.5) is 13.2 Å². The molecule has 10 heteroatoms. The monoisotopic (exact) mass is 445 g/mol. The summed E-state index contributed by atoms with van der Waals surface area (Å²) in [5.74, 6) is -0.297. The molecule has 3 aliphatic heterocycles. The lowest BCUT2D eigenvalue weighted by atomic mass is 9.74. The van der Waals surface area contributed by atoms with Crippen LogP contribution in [0.1, 0.15) is 43.0 Å². The van der Waals surface area contributed by atoms with Crippen LogP contribution in [0.15, 0.2) is 17.0 Å². The summed E-state index contributed by atoms with van der Waals surface area (Å²) in [7, 11) is -3.87. The van der Waals surface area contributed by atoms with Gasteiger partial charge in [0.05, 0.1) is 10.6 Å². The molecule has 5 rings (SSSR count). The van der Waals surface area contributed by atoms with Crippen molar-refractivity contribution >= 4 is 9.84 Å². The van der Waals surface area contributed by atoms with Crippen molar-refractivity contribution in [2.24, 2.45) is 11.3 Å². The molecule has 1 atom stereocenters. The molecule has 3 saturated heterocycles. The van der Waals surface area contributed by atoms with E-state index >= 15 is 0 Å². The number of likely N-dealkylation sites (tertiary alicyclic amines) is 1. The average Bonchev–Trinajstić information content (AvgIpc) is 3.47. The van der Waals surface area contributed by atoms with Crippen LogP contribution in [0.5, 0.6) is 0 Å². The van der Waals surface area contributed by atoms with Crippen molar-refractivity contribution in [3.8, 4) is 0 Å². The lowest BCUT2D eigenvalue weighted by Crippen LogP contribution is -2.74. The molecule has 1 unspecified atom stereocenters. The van der Waals surface area contributed by atoms with E-state index in [2.05, 4.69) is 10.3 Å². The third-order valence-corrected chi connectivity index (χ3v) is 9.15. The fraction of sp³-hybridized carbons (Fsp3) is 0.750. The molecular weight excluding hydrogens is 419 g/mol. The Hall–Kier alpha value is -1.23. The molecule has 4 heterocycles. The maximum absolute atomic E-state index is 13.9. The standard InChI is InChI=1S/C20H26F3N3O3S/c21-20(22,23)16-4-3-15(17(25-16)13-1-2-13)30(27,28)18(14-5-7-29-8-6-14)26-11-19(12-26)9-24-10-19/h3-4,13-14,18,24H,1-2,5-12H2. The Bertz CT molecular complexity index is 915. The van der Waals surface area contributed by atoms with Crippen LogP contribution in [0.25, 0.3) is 0 Å². The molecule has 0 amide bonds. The Morgan fingerprint density at radius 1 is 1.13 bits per heavy atom. The van der Waals surface area contributed by atoms with Gasteiger partial charge in [-0.3, -0.25) is 4.90 Å². The maximum Gasteiger partial charge on any atom is 0.433 e. The first-order valence-electron chi connectivity index (χ1n) is 10.5. The third-order valence-electron chi connectivity index (χ3n) is 6.87. The fourth-order valence-corrected chi connectivity index (χ4v) is 7.43. The zero-order chi connectivity index (χ0) is 21.1. The van der Waals surface area contributed by atoms with E-state index in [-0.39, 0.29) is 27.8 Å². The van der Waals surface area contributed by atoms with Gasteiger partial charge in [0.1, 0.15) is 11.1 Å². The average molecular weight is 446 g/mol. The molecule has 0 aromatic carbocycles. The van der Waals surface area contributed by atoms with Crippen molar-refractivity contribution in [1.29, 1.82) is 0 Å². The molecule has 0 radical (unpaired) electrons. The number of nitrogens with zero attached hydrogens (tertiary/aromatic N) is 2. The number of rotatable bonds is 5. The summed E-state index contributed by atoms with van der Waals surface area (Å²) in [6.07, 6.45) is -1.96. The minimum absolute atomic E-state index is 0.0119. The lowest BCUT2D eigenvalue weighted by molar-refractivity contribution is -0.141. The highest BCUT2D eigenvalue weighted by Crippen LogP contribution is 2.46. The van der Waals surface area contributed by atoms with Gasteiger partial charge < -0.3 is 10.1 Å². The van der Waals surface area contributed by atoms with Gasteiger partial charge in [0, 0.05) is 50.7 Å². The van der Waals surface area contributed by atoms with Gasteiger partial charge in [0.25, 0.3) is 0 Å². The molecule has 1 saturated carbocycles.